The second kappa shape index (κ2) is 7.38. The van der Waals surface area contributed by atoms with Gasteiger partial charge in [-0.2, -0.15) is 0 Å². The van der Waals surface area contributed by atoms with Crippen LogP contribution < -0.4 is 15.8 Å². The van der Waals surface area contributed by atoms with Gasteiger partial charge in [0, 0.05) is 6.54 Å². The summed E-state index contributed by atoms with van der Waals surface area (Å²) in [4.78, 5) is 21.9. The summed E-state index contributed by atoms with van der Waals surface area (Å²) in [5.74, 6) is -0.788. The number of nitrogens with two attached hydrogens (primary N) is 1. The van der Waals surface area contributed by atoms with Gasteiger partial charge in [-0.1, -0.05) is 18.2 Å². The third-order valence-corrected chi connectivity index (χ3v) is 2.63. The van der Waals surface area contributed by atoms with Crippen molar-refractivity contribution >= 4 is 11.9 Å². The molecule has 104 valence electrons. The topological polar surface area (TPSA) is 102 Å². The lowest BCUT2D eigenvalue weighted by Gasteiger charge is -2.10. The second-order valence-corrected chi connectivity index (χ2v) is 4.06. The third-order valence-electron chi connectivity index (χ3n) is 2.63. The van der Waals surface area contributed by atoms with Crippen LogP contribution in [0.15, 0.2) is 24.3 Å². The molecule has 19 heavy (non-hydrogen) atoms. The zero-order valence-corrected chi connectivity index (χ0v) is 10.8. The van der Waals surface area contributed by atoms with Gasteiger partial charge in [-0.05, 0) is 18.1 Å². The van der Waals surface area contributed by atoms with Crippen LogP contribution in [0.4, 0.5) is 0 Å². The van der Waals surface area contributed by atoms with Gasteiger partial charge in [0.05, 0.1) is 13.5 Å². The molecule has 4 N–H and O–H groups in total. The fourth-order valence-electron chi connectivity index (χ4n) is 1.61. The Labute approximate surface area is 111 Å². The molecule has 1 rings (SSSR count). The first-order valence-corrected chi connectivity index (χ1v) is 5.91. The Morgan fingerprint density at radius 3 is 2.74 bits per heavy atom. The number of para-hydroxylation sites is 1. The number of hydrogen-bond donors (Lipinski definition) is 3. The monoisotopic (exact) mass is 266 g/mol. The van der Waals surface area contributed by atoms with Crippen molar-refractivity contribution in [3.63, 3.8) is 0 Å². The van der Waals surface area contributed by atoms with Gasteiger partial charge in [-0.3, -0.25) is 9.59 Å². The zero-order valence-electron chi connectivity index (χ0n) is 10.8. The number of carboxylic acids is 1. The van der Waals surface area contributed by atoms with Crippen molar-refractivity contribution in [1.29, 1.82) is 0 Å². The molecule has 0 aliphatic heterocycles. The fourth-order valence-corrected chi connectivity index (χ4v) is 1.61. The quantitative estimate of drug-likeness (QED) is 0.652. The van der Waals surface area contributed by atoms with Gasteiger partial charge in [0.15, 0.2) is 0 Å². The molecule has 0 aromatic heterocycles. The van der Waals surface area contributed by atoms with Crippen LogP contribution in [0.2, 0.25) is 0 Å². The Morgan fingerprint density at radius 2 is 2.11 bits per heavy atom. The normalized spacial score (nSPS) is 11.7. The molecule has 0 spiro atoms. The molecule has 1 atom stereocenters. The third kappa shape index (κ3) is 4.97. The number of benzene rings is 1. The van der Waals surface area contributed by atoms with Crippen molar-refractivity contribution in [2.24, 2.45) is 5.73 Å². The Balaban J connectivity index is 2.38. The number of carbonyl (C=O) groups excluding carboxylic acids is 1. The Kier molecular flexibility index (Phi) is 5.81. The summed E-state index contributed by atoms with van der Waals surface area (Å²) < 4.78 is 5.19. The van der Waals surface area contributed by atoms with E-state index in [0.29, 0.717) is 13.0 Å². The largest absolute Gasteiger partial charge is 0.496 e. The van der Waals surface area contributed by atoms with Crippen molar-refractivity contribution in [2.75, 3.05) is 13.7 Å². The van der Waals surface area contributed by atoms with Crippen LogP contribution in [0.1, 0.15) is 12.0 Å². The summed E-state index contributed by atoms with van der Waals surface area (Å²) in [6, 6.07) is 6.35. The fraction of sp³-hybridized carbons (Fsp3) is 0.385. The highest BCUT2D eigenvalue weighted by Gasteiger charge is 2.15. The van der Waals surface area contributed by atoms with Gasteiger partial charge in [-0.15, -0.1) is 0 Å². The molecule has 0 saturated heterocycles. The predicted molar refractivity (Wildman–Crippen MR) is 69.9 cm³/mol. The average molecular weight is 266 g/mol. The van der Waals surface area contributed by atoms with Crippen LogP contribution >= 0.6 is 0 Å². The molecular formula is C13H18N2O4. The molecule has 1 unspecified atom stereocenters. The first kappa shape index (κ1) is 15.0. The summed E-state index contributed by atoms with van der Waals surface area (Å²) >= 11 is 0. The van der Waals surface area contributed by atoms with E-state index in [0.717, 1.165) is 11.3 Å². The van der Waals surface area contributed by atoms with Gasteiger partial charge >= 0.3 is 5.97 Å². The smallest absolute Gasteiger partial charge is 0.321 e. The van der Waals surface area contributed by atoms with E-state index in [1.807, 2.05) is 24.3 Å². The highest BCUT2D eigenvalue weighted by Crippen LogP contribution is 2.17. The maximum atomic E-state index is 11.4. The van der Waals surface area contributed by atoms with E-state index < -0.39 is 12.0 Å². The van der Waals surface area contributed by atoms with Gasteiger partial charge < -0.3 is 20.9 Å². The average Bonchev–Trinajstić information content (AvgIpc) is 2.39. The van der Waals surface area contributed by atoms with E-state index in [-0.39, 0.29) is 12.3 Å². The number of nitrogens with one attached hydrogen (secondary N) is 1. The number of carbonyl (C=O) groups is 2. The lowest BCUT2D eigenvalue weighted by molar-refractivity contribution is -0.140. The van der Waals surface area contributed by atoms with Crippen molar-refractivity contribution < 1.29 is 19.4 Å². The first-order valence-electron chi connectivity index (χ1n) is 5.91. The van der Waals surface area contributed by atoms with E-state index in [2.05, 4.69) is 5.32 Å². The van der Waals surface area contributed by atoms with E-state index in [1.165, 1.54) is 0 Å². The van der Waals surface area contributed by atoms with Crippen molar-refractivity contribution in [3.05, 3.63) is 29.8 Å². The summed E-state index contributed by atoms with van der Waals surface area (Å²) in [6.45, 7) is 0.408. The van der Waals surface area contributed by atoms with Gasteiger partial charge in [-0.25, -0.2) is 0 Å². The summed E-state index contributed by atoms with van der Waals surface area (Å²) in [6.07, 6.45) is 0.388. The number of amides is 1. The molecule has 1 aromatic carbocycles. The van der Waals surface area contributed by atoms with Crippen LogP contribution in [0.3, 0.4) is 0 Å². The SMILES string of the molecule is COc1ccccc1CCNC(=O)CC(N)C(=O)O. The summed E-state index contributed by atoms with van der Waals surface area (Å²) in [5.41, 5.74) is 6.24. The minimum atomic E-state index is -1.18. The van der Waals surface area contributed by atoms with Crippen LogP contribution in [0, 0.1) is 0 Å². The molecule has 0 aliphatic rings. The Hall–Kier alpha value is -2.08. The lowest BCUT2D eigenvalue weighted by atomic mass is 10.1. The predicted octanol–water partition coefficient (Wildman–Crippen LogP) is 0.156. The maximum Gasteiger partial charge on any atom is 0.321 e. The Morgan fingerprint density at radius 1 is 1.42 bits per heavy atom. The van der Waals surface area contributed by atoms with E-state index >= 15 is 0 Å². The molecule has 0 fully saturated rings. The van der Waals surface area contributed by atoms with Gasteiger partial charge in [0.25, 0.3) is 0 Å². The Bertz CT molecular complexity index is 448. The van der Waals surface area contributed by atoms with Crippen molar-refractivity contribution in [2.45, 2.75) is 18.9 Å². The van der Waals surface area contributed by atoms with Crippen LogP contribution in [-0.4, -0.2) is 36.7 Å². The molecule has 6 nitrogen and oxygen atoms in total. The maximum absolute atomic E-state index is 11.4. The zero-order chi connectivity index (χ0) is 14.3. The van der Waals surface area contributed by atoms with E-state index in [4.69, 9.17) is 15.6 Å². The summed E-state index contributed by atoms with van der Waals surface area (Å²) in [7, 11) is 1.59. The van der Waals surface area contributed by atoms with Gasteiger partial charge in [0.2, 0.25) is 5.91 Å². The standard InChI is InChI=1S/C13H18N2O4/c1-19-11-5-3-2-4-9(11)6-7-15-12(16)8-10(14)13(17)18/h2-5,10H,6-8,14H2,1H3,(H,15,16)(H,17,18). The molecule has 0 radical (unpaired) electrons. The van der Waals surface area contributed by atoms with Gasteiger partial charge in [0.1, 0.15) is 11.8 Å². The number of aliphatic carboxylic acids is 1. The summed E-state index contributed by atoms with van der Waals surface area (Å²) in [5, 5.41) is 11.2. The van der Waals surface area contributed by atoms with E-state index in [9.17, 15) is 9.59 Å². The minimum absolute atomic E-state index is 0.221. The number of rotatable bonds is 7. The van der Waals surface area contributed by atoms with Crippen LogP contribution in [-0.2, 0) is 16.0 Å². The number of hydrogen-bond acceptors (Lipinski definition) is 4. The molecular weight excluding hydrogens is 248 g/mol. The highest BCUT2D eigenvalue weighted by atomic mass is 16.5. The minimum Gasteiger partial charge on any atom is -0.496 e. The number of carboxylic acid groups (broad SMARTS) is 1. The molecule has 0 heterocycles. The van der Waals surface area contributed by atoms with E-state index in [1.54, 1.807) is 7.11 Å². The van der Waals surface area contributed by atoms with Crippen LogP contribution in [0.25, 0.3) is 0 Å². The molecule has 6 heteroatoms. The van der Waals surface area contributed by atoms with Crippen LogP contribution in [0.5, 0.6) is 5.75 Å². The highest BCUT2D eigenvalue weighted by molar-refractivity contribution is 5.84. The number of methoxy groups -OCH3 is 1. The second-order valence-electron chi connectivity index (χ2n) is 4.06. The number of ether oxygens (including phenoxy) is 1. The first-order chi connectivity index (χ1) is 9.04. The molecule has 0 bridgehead atoms. The molecule has 1 aromatic rings. The van der Waals surface area contributed by atoms with Crippen molar-refractivity contribution in [1.82, 2.24) is 5.32 Å². The lowest BCUT2D eigenvalue weighted by Crippen LogP contribution is -2.37. The molecule has 1 amide bonds. The van der Waals surface area contributed by atoms with Crippen molar-refractivity contribution in [3.8, 4) is 5.75 Å². The molecule has 0 saturated carbocycles. The molecule has 0 aliphatic carbocycles.